The molecule has 1 fully saturated rings. The van der Waals surface area contributed by atoms with E-state index in [-0.39, 0.29) is 30.6 Å². The molecule has 1 aliphatic rings. The number of nitrogens with zero attached hydrogens (tertiary/aromatic N) is 3. The van der Waals surface area contributed by atoms with Gasteiger partial charge < -0.3 is 15.5 Å². The van der Waals surface area contributed by atoms with Crippen LogP contribution in [0.2, 0.25) is 0 Å². The Balaban J connectivity index is 0.00000210. The lowest BCUT2D eigenvalue weighted by Gasteiger charge is -2.33. The third-order valence-corrected chi connectivity index (χ3v) is 5.13. The van der Waals surface area contributed by atoms with Crippen molar-refractivity contribution in [3.8, 4) is 0 Å². The van der Waals surface area contributed by atoms with Crippen molar-refractivity contribution >= 4 is 42.3 Å². The van der Waals surface area contributed by atoms with Crippen LogP contribution < -0.4 is 15.5 Å². The second-order valence-electron chi connectivity index (χ2n) is 7.31. The molecule has 29 heavy (non-hydrogen) atoms. The number of anilines is 3. The molecule has 2 aromatic rings. The number of likely N-dealkylation sites (N-methyl/N-ethyl adjacent to an activating group) is 1. The molecular formula is C21H32Cl2FN5. The van der Waals surface area contributed by atoms with Gasteiger partial charge in [0.25, 0.3) is 0 Å². The van der Waals surface area contributed by atoms with E-state index in [1.165, 1.54) is 12.5 Å². The van der Waals surface area contributed by atoms with Crippen LogP contribution in [0.25, 0.3) is 0 Å². The summed E-state index contributed by atoms with van der Waals surface area (Å²) in [7, 11) is 2.01. The molecule has 0 aliphatic carbocycles. The molecule has 5 nitrogen and oxygen atoms in total. The van der Waals surface area contributed by atoms with E-state index in [1.54, 1.807) is 13.0 Å². The van der Waals surface area contributed by atoms with Crippen LogP contribution in [0.1, 0.15) is 43.9 Å². The van der Waals surface area contributed by atoms with Crippen molar-refractivity contribution in [1.82, 2.24) is 15.3 Å². The fraction of sp³-hybridized carbons (Fsp3) is 0.524. The van der Waals surface area contributed by atoms with Gasteiger partial charge in [0, 0.05) is 36.6 Å². The van der Waals surface area contributed by atoms with Gasteiger partial charge in [0.2, 0.25) is 5.95 Å². The Morgan fingerprint density at radius 1 is 1.21 bits per heavy atom. The molecule has 1 saturated heterocycles. The number of unbranched alkanes of at least 4 members (excludes halogenated alkanes) is 1. The number of hydrogen-bond donors (Lipinski definition) is 2. The van der Waals surface area contributed by atoms with E-state index >= 15 is 0 Å². The quantitative estimate of drug-likeness (QED) is 0.627. The third-order valence-electron chi connectivity index (χ3n) is 5.13. The highest BCUT2D eigenvalue weighted by Gasteiger charge is 2.20. The highest BCUT2D eigenvalue weighted by Crippen LogP contribution is 2.23. The molecule has 0 spiro atoms. The van der Waals surface area contributed by atoms with Crippen LogP contribution in [-0.4, -0.2) is 36.1 Å². The van der Waals surface area contributed by atoms with Gasteiger partial charge in [-0.2, -0.15) is 4.98 Å². The average Bonchev–Trinajstić information content (AvgIpc) is 2.69. The third kappa shape index (κ3) is 6.98. The zero-order chi connectivity index (χ0) is 19.2. The second-order valence-corrected chi connectivity index (χ2v) is 7.31. The van der Waals surface area contributed by atoms with Crippen LogP contribution in [0.4, 0.5) is 21.8 Å². The molecule has 1 aromatic heterocycles. The summed E-state index contributed by atoms with van der Waals surface area (Å²) in [5.74, 6) is 1.26. The molecule has 162 valence electrons. The summed E-state index contributed by atoms with van der Waals surface area (Å²) < 4.78 is 13.9. The number of rotatable bonds is 7. The molecule has 8 heteroatoms. The Labute approximate surface area is 185 Å². The van der Waals surface area contributed by atoms with Crippen LogP contribution >= 0.6 is 24.8 Å². The first-order valence-electron chi connectivity index (χ1n) is 9.92. The zero-order valence-electron chi connectivity index (χ0n) is 17.4. The average molecular weight is 444 g/mol. The summed E-state index contributed by atoms with van der Waals surface area (Å²) in [4.78, 5) is 11.7. The van der Waals surface area contributed by atoms with Gasteiger partial charge in [0.1, 0.15) is 11.6 Å². The lowest BCUT2D eigenvalue weighted by Crippen LogP contribution is -2.44. The smallest absolute Gasteiger partial charge is 0.229 e. The molecule has 0 radical (unpaired) electrons. The first kappa shape index (κ1) is 25.4. The number of halogens is 3. The number of aryl methyl sites for hydroxylation is 2. The van der Waals surface area contributed by atoms with E-state index < -0.39 is 0 Å². The zero-order valence-corrected chi connectivity index (χ0v) is 19.0. The summed E-state index contributed by atoms with van der Waals surface area (Å²) in [6.07, 6.45) is 5.47. The lowest BCUT2D eigenvalue weighted by molar-refractivity contribution is 0.447. The number of hydrogen-bond acceptors (Lipinski definition) is 5. The second kappa shape index (κ2) is 12.2. The van der Waals surface area contributed by atoms with Crippen LogP contribution in [0.15, 0.2) is 24.3 Å². The molecule has 0 saturated carbocycles. The summed E-state index contributed by atoms with van der Waals surface area (Å²) in [6.45, 7) is 5.88. The van der Waals surface area contributed by atoms with E-state index in [9.17, 15) is 4.39 Å². The minimum atomic E-state index is -0.227. The van der Waals surface area contributed by atoms with Crippen molar-refractivity contribution in [2.45, 2.75) is 52.0 Å². The summed E-state index contributed by atoms with van der Waals surface area (Å²) >= 11 is 0. The molecule has 0 bridgehead atoms. The maximum absolute atomic E-state index is 13.9. The van der Waals surface area contributed by atoms with E-state index in [0.717, 1.165) is 50.3 Å². The largest absolute Gasteiger partial charge is 0.355 e. The van der Waals surface area contributed by atoms with Crippen molar-refractivity contribution in [2.24, 2.45) is 0 Å². The maximum atomic E-state index is 13.9. The maximum Gasteiger partial charge on any atom is 0.229 e. The highest BCUT2D eigenvalue weighted by atomic mass is 35.5. The van der Waals surface area contributed by atoms with Gasteiger partial charge in [-0.1, -0.05) is 19.4 Å². The number of benzene rings is 1. The van der Waals surface area contributed by atoms with Crippen LogP contribution in [0, 0.1) is 12.7 Å². The molecule has 1 atom stereocenters. The van der Waals surface area contributed by atoms with Gasteiger partial charge in [-0.25, -0.2) is 9.37 Å². The summed E-state index contributed by atoms with van der Waals surface area (Å²) in [5.41, 5.74) is 2.33. The van der Waals surface area contributed by atoms with Crippen LogP contribution in [0.5, 0.6) is 0 Å². The molecule has 1 aromatic carbocycles. The molecule has 3 rings (SSSR count). The number of nitrogens with one attached hydrogen (secondary N) is 2. The summed E-state index contributed by atoms with van der Waals surface area (Å²) in [5, 5.41) is 6.57. The van der Waals surface area contributed by atoms with E-state index in [0.29, 0.717) is 23.2 Å². The first-order chi connectivity index (χ1) is 13.1. The Morgan fingerprint density at radius 2 is 2.00 bits per heavy atom. The molecule has 1 aliphatic heterocycles. The van der Waals surface area contributed by atoms with Crippen molar-refractivity contribution in [2.75, 3.05) is 30.4 Å². The van der Waals surface area contributed by atoms with Crippen LogP contribution in [-0.2, 0) is 6.42 Å². The molecule has 0 amide bonds. The van der Waals surface area contributed by atoms with Gasteiger partial charge in [-0.05, 0) is 57.4 Å². The Kier molecular flexibility index (Phi) is 10.6. The lowest BCUT2D eigenvalue weighted by atomic mass is 10.1. The predicted molar refractivity (Wildman–Crippen MR) is 124 cm³/mol. The topological polar surface area (TPSA) is 53.1 Å². The number of piperidine rings is 1. The molecule has 2 heterocycles. The van der Waals surface area contributed by atoms with Gasteiger partial charge in [0.05, 0.1) is 0 Å². The van der Waals surface area contributed by atoms with Crippen molar-refractivity contribution < 1.29 is 4.39 Å². The van der Waals surface area contributed by atoms with Gasteiger partial charge in [0.15, 0.2) is 0 Å². The monoisotopic (exact) mass is 443 g/mol. The Hall–Kier alpha value is -1.63. The standard InChI is InChI=1S/C21H30FN5.2ClH/c1-4-5-7-16-13-20(27-11-6-8-18(14-27)23-3)26-21(24-16)25-17-10-9-15(2)19(22)12-17;;/h9-10,12-13,18,23H,4-8,11,14H2,1-3H3,(H,24,25,26);2*1H/t18-;;/m1../s1. The van der Waals surface area contributed by atoms with Crippen molar-refractivity contribution in [3.05, 3.63) is 41.3 Å². The Bertz CT molecular complexity index is 775. The fourth-order valence-corrected chi connectivity index (χ4v) is 3.41. The van der Waals surface area contributed by atoms with E-state index in [2.05, 4.69) is 33.5 Å². The van der Waals surface area contributed by atoms with Gasteiger partial charge >= 0.3 is 0 Å². The van der Waals surface area contributed by atoms with Crippen molar-refractivity contribution in [1.29, 1.82) is 0 Å². The molecular weight excluding hydrogens is 412 g/mol. The fourth-order valence-electron chi connectivity index (χ4n) is 3.41. The highest BCUT2D eigenvalue weighted by molar-refractivity contribution is 5.85. The van der Waals surface area contributed by atoms with E-state index in [4.69, 9.17) is 4.98 Å². The number of aromatic nitrogens is 2. The predicted octanol–water partition coefficient (Wildman–Crippen LogP) is 5.04. The molecule has 0 unspecified atom stereocenters. The van der Waals surface area contributed by atoms with Crippen molar-refractivity contribution in [3.63, 3.8) is 0 Å². The first-order valence-corrected chi connectivity index (χ1v) is 9.92. The minimum absolute atomic E-state index is 0. The Morgan fingerprint density at radius 3 is 2.69 bits per heavy atom. The van der Waals surface area contributed by atoms with Gasteiger partial charge in [-0.3, -0.25) is 0 Å². The summed E-state index contributed by atoms with van der Waals surface area (Å²) in [6, 6.07) is 7.71. The molecule has 2 N–H and O–H groups in total. The van der Waals surface area contributed by atoms with Crippen LogP contribution in [0.3, 0.4) is 0 Å². The minimum Gasteiger partial charge on any atom is -0.355 e. The van der Waals surface area contributed by atoms with E-state index in [1.807, 2.05) is 13.1 Å². The van der Waals surface area contributed by atoms with Gasteiger partial charge in [-0.15, -0.1) is 24.8 Å². The normalized spacial score (nSPS) is 16.0. The SMILES string of the molecule is CCCCc1cc(N2CCC[C@@H](NC)C2)nc(Nc2ccc(C)c(F)c2)n1.Cl.Cl.